The maximum Gasteiger partial charge on any atom is 0.331 e. The minimum Gasteiger partial charge on any atom is -0.376 e. The minimum absolute atomic E-state index is 0.212. The standard InChI is InChI=1S/C12H16N2O4/c1-7-11(2,5-6-18-7)14-9(16)12(3-4-12)8(15)13-10(14)17/h7H,3-6H2,1-2H3,(H,13,15,17). The molecule has 6 heteroatoms. The number of hydrogen-bond donors (Lipinski definition) is 1. The smallest absolute Gasteiger partial charge is 0.331 e. The average Bonchev–Trinajstić information content (AvgIpc) is 3.02. The van der Waals surface area contributed by atoms with Crippen LogP contribution >= 0.6 is 0 Å². The number of nitrogens with one attached hydrogen (secondary N) is 1. The molecule has 0 radical (unpaired) electrons. The predicted molar refractivity (Wildman–Crippen MR) is 60.5 cm³/mol. The van der Waals surface area contributed by atoms with Gasteiger partial charge in [0, 0.05) is 6.61 Å². The summed E-state index contributed by atoms with van der Waals surface area (Å²) >= 11 is 0. The highest BCUT2D eigenvalue weighted by Crippen LogP contribution is 2.51. The van der Waals surface area contributed by atoms with Crippen molar-refractivity contribution >= 4 is 17.8 Å². The zero-order valence-corrected chi connectivity index (χ0v) is 10.5. The van der Waals surface area contributed by atoms with Crippen LogP contribution in [0.25, 0.3) is 0 Å². The molecule has 0 bridgehead atoms. The Morgan fingerprint density at radius 1 is 1.28 bits per heavy atom. The van der Waals surface area contributed by atoms with E-state index in [-0.39, 0.29) is 12.0 Å². The first-order chi connectivity index (χ1) is 8.42. The van der Waals surface area contributed by atoms with Crippen molar-refractivity contribution in [2.75, 3.05) is 6.61 Å². The number of rotatable bonds is 1. The van der Waals surface area contributed by atoms with E-state index < -0.39 is 22.9 Å². The first kappa shape index (κ1) is 11.6. The average molecular weight is 252 g/mol. The number of carbonyl (C=O) groups is 3. The monoisotopic (exact) mass is 252 g/mol. The van der Waals surface area contributed by atoms with Gasteiger partial charge in [-0.2, -0.15) is 0 Å². The molecular formula is C12H16N2O4. The second-order valence-corrected chi connectivity index (χ2v) is 5.60. The molecule has 2 atom stereocenters. The van der Waals surface area contributed by atoms with Gasteiger partial charge in [0.15, 0.2) is 0 Å². The lowest BCUT2D eigenvalue weighted by Crippen LogP contribution is -2.67. The van der Waals surface area contributed by atoms with Crippen LogP contribution in [-0.2, 0) is 14.3 Å². The number of nitrogens with zero attached hydrogens (tertiary/aromatic N) is 1. The first-order valence-electron chi connectivity index (χ1n) is 6.23. The Bertz CT molecular complexity index is 457. The lowest BCUT2D eigenvalue weighted by atomic mass is 9.89. The molecule has 98 valence electrons. The third-order valence-electron chi connectivity index (χ3n) is 4.58. The Hall–Kier alpha value is -1.43. The molecule has 3 aliphatic rings. The van der Waals surface area contributed by atoms with Crippen LogP contribution in [0.5, 0.6) is 0 Å². The van der Waals surface area contributed by atoms with Crippen LogP contribution in [-0.4, -0.2) is 41.0 Å². The number of amides is 4. The molecule has 6 nitrogen and oxygen atoms in total. The molecule has 4 amide bonds. The van der Waals surface area contributed by atoms with E-state index >= 15 is 0 Å². The van der Waals surface area contributed by atoms with Crippen LogP contribution in [0.2, 0.25) is 0 Å². The maximum atomic E-state index is 12.5. The van der Waals surface area contributed by atoms with Crippen LogP contribution in [0.3, 0.4) is 0 Å². The molecular weight excluding hydrogens is 236 g/mol. The summed E-state index contributed by atoms with van der Waals surface area (Å²) in [6.07, 6.45) is 1.47. The second kappa shape index (κ2) is 3.32. The van der Waals surface area contributed by atoms with Crippen LogP contribution in [0.15, 0.2) is 0 Å². The van der Waals surface area contributed by atoms with Gasteiger partial charge in [-0.3, -0.25) is 19.8 Å². The van der Waals surface area contributed by atoms with Gasteiger partial charge < -0.3 is 4.74 Å². The predicted octanol–water partition coefficient (Wildman–Crippen LogP) is 0.412. The molecule has 2 heterocycles. The van der Waals surface area contributed by atoms with E-state index in [1.54, 1.807) is 0 Å². The Kier molecular flexibility index (Phi) is 2.15. The highest BCUT2D eigenvalue weighted by Gasteiger charge is 2.65. The van der Waals surface area contributed by atoms with E-state index in [1.165, 1.54) is 4.90 Å². The molecule has 1 spiro atoms. The summed E-state index contributed by atoms with van der Waals surface area (Å²) in [6.45, 7) is 4.22. The molecule has 0 aromatic rings. The third-order valence-corrected chi connectivity index (χ3v) is 4.58. The highest BCUT2D eigenvalue weighted by atomic mass is 16.5. The van der Waals surface area contributed by atoms with E-state index in [0.29, 0.717) is 25.9 Å². The molecule has 1 N–H and O–H groups in total. The summed E-state index contributed by atoms with van der Waals surface area (Å²) < 4.78 is 5.47. The van der Waals surface area contributed by atoms with Crippen molar-refractivity contribution in [2.45, 2.75) is 44.8 Å². The van der Waals surface area contributed by atoms with Gasteiger partial charge in [0.25, 0.3) is 0 Å². The Labute approximate surface area is 105 Å². The Balaban J connectivity index is 1.98. The van der Waals surface area contributed by atoms with Crippen molar-refractivity contribution in [2.24, 2.45) is 5.41 Å². The Morgan fingerprint density at radius 2 is 1.94 bits per heavy atom. The lowest BCUT2D eigenvalue weighted by Gasteiger charge is -2.42. The van der Waals surface area contributed by atoms with Crippen LogP contribution < -0.4 is 5.32 Å². The normalized spacial score (nSPS) is 38.2. The fourth-order valence-corrected chi connectivity index (χ4v) is 2.82. The van der Waals surface area contributed by atoms with Gasteiger partial charge >= 0.3 is 6.03 Å². The van der Waals surface area contributed by atoms with Crippen molar-refractivity contribution in [1.29, 1.82) is 0 Å². The maximum absolute atomic E-state index is 12.5. The van der Waals surface area contributed by atoms with E-state index in [2.05, 4.69) is 5.32 Å². The molecule has 1 aliphatic carbocycles. The SMILES string of the molecule is CC1OCCC1(C)N1C(=O)NC(=O)C2(CC2)C1=O. The molecule has 0 aromatic carbocycles. The Morgan fingerprint density at radius 3 is 2.44 bits per heavy atom. The van der Waals surface area contributed by atoms with Gasteiger partial charge in [0.05, 0.1) is 11.6 Å². The third kappa shape index (κ3) is 1.24. The summed E-state index contributed by atoms with van der Waals surface area (Å²) in [5.41, 5.74) is -1.63. The van der Waals surface area contributed by atoms with Crippen LogP contribution in [0, 0.1) is 5.41 Å². The molecule has 2 unspecified atom stereocenters. The fourth-order valence-electron chi connectivity index (χ4n) is 2.82. The van der Waals surface area contributed by atoms with Gasteiger partial charge in [-0.05, 0) is 33.1 Å². The van der Waals surface area contributed by atoms with Crippen molar-refractivity contribution in [3.05, 3.63) is 0 Å². The van der Waals surface area contributed by atoms with Crippen molar-refractivity contribution in [1.82, 2.24) is 10.2 Å². The highest BCUT2D eigenvalue weighted by molar-refractivity contribution is 6.21. The van der Waals surface area contributed by atoms with Gasteiger partial charge in [-0.25, -0.2) is 4.79 Å². The number of imide groups is 2. The number of ether oxygens (including phenoxy) is 1. The quantitative estimate of drug-likeness (QED) is 0.686. The largest absolute Gasteiger partial charge is 0.376 e. The van der Waals surface area contributed by atoms with Crippen LogP contribution in [0.4, 0.5) is 4.79 Å². The topological polar surface area (TPSA) is 75.7 Å². The van der Waals surface area contributed by atoms with Crippen LogP contribution in [0.1, 0.15) is 33.1 Å². The molecule has 1 saturated carbocycles. The van der Waals surface area contributed by atoms with Crippen molar-refractivity contribution in [3.63, 3.8) is 0 Å². The van der Waals surface area contributed by atoms with Gasteiger partial charge in [0.1, 0.15) is 5.41 Å². The molecule has 3 rings (SSSR count). The number of hydrogen-bond acceptors (Lipinski definition) is 4. The minimum atomic E-state index is -0.973. The van der Waals surface area contributed by atoms with E-state index in [9.17, 15) is 14.4 Å². The molecule has 18 heavy (non-hydrogen) atoms. The zero-order valence-electron chi connectivity index (χ0n) is 10.5. The molecule has 3 fully saturated rings. The summed E-state index contributed by atoms with van der Waals surface area (Å²) in [6, 6.07) is -0.609. The number of urea groups is 1. The van der Waals surface area contributed by atoms with Gasteiger partial charge in [-0.1, -0.05) is 0 Å². The molecule has 2 saturated heterocycles. The second-order valence-electron chi connectivity index (χ2n) is 5.60. The first-order valence-corrected chi connectivity index (χ1v) is 6.23. The lowest BCUT2D eigenvalue weighted by molar-refractivity contribution is -0.149. The summed E-state index contributed by atoms with van der Waals surface area (Å²) in [5, 5.41) is 2.31. The van der Waals surface area contributed by atoms with Crippen molar-refractivity contribution in [3.8, 4) is 0 Å². The summed E-state index contributed by atoms with van der Waals surface area (Å²) in [5.74, 6) is -0.792. The zero-order chi connectivity index (χ0) is 13.1. The summed E-state index contributed by atoms with van der Waals surface area (Å²) in [4.78, 5) is 37.4. The summed E-state index contributed by atoms with van der Waals surface area (Å²) in [7, 11) is 0. The van der Waals surface area contributed by atoms with E-state index in [4.69, 9.17) is 4.74 Å². The fraction of sp³-hybridized carbons (Fsp3) is 0.750. The van der Waals surface area contributed by atoms with E-state index in [0.717, 1.165) is 0 Å². The molecule has 0 aromatic heterocycles. The number of carbonyl (C=O) groups excluding carboxylic acids is 3. The number of barbiturate groups is 1. The van der Waals surface area contributed by atoms with E-state index in [1.807, 2.05) is 13.8 Å². The van der Waals surface area contributed by atoms with Gasteiger partial charge in [-0.15, -0.1) is 0 Å². The van der Waals surface area contributed by atoms with Gasteiger partial charge in [0.2, 0.25) is 11.8 Å². The van der Waals surface area contributed by atoms with Crippen molar-refractivity contribution < 1.29 is 19.1 Å². The molecule has 2 aliphatic heterocycles.